The zero-order valence-electron chi connectivity index (χ0n) is 33.6. The molecule has 0 radical (unpaired) electrons. The fourth-order valence-electron chi connectivity index (χ4n) is 11.8. The molecule has 4 aliphatic rings. The van der Waals surface area contributed by atoms with Crippen LogP contribution in [-0.4, -0.2) is 22.7 Å². The van der Waals surface area contributed by atoms with Gasteiger partial charge in [0.25, 0.3) is 0 Å². The van der Waals surface area contributed by atoms with Crippen LogP contribution in [0.1, 0.15) is 5.56 Å². The predicted octanol–water partition coefficient (Wildman–Crippen LogP) is 11.9. The molecule has 62 heavy (non-hydrogen) atoms. The summed E-state index contributed by atoms with van der Waals surface area (Å²) in [6.45, 7) is 2.34. The van der Waals surface area contributed by atoms with Crippen molar-refractivity contribution in [2.45, 2.75) is 26.5 Å². The summed E-state index contributed by atoms with van der Waals surface area (Å²) in [6.07, 6.45) is 0. The highest BCUT2D eigenvalue weighted by Gasteiger charge is 2.46. The second kappa shape index (κ2) is 12.2. The van der Waals surface area contributed by atoms with Gasteiger partial charge in [0.1, 0.15) is 0 Å². The molecular weight excluding hydrogens is 788 g/mol. The van der Waals surface area contributed by atoms with Crippen LogP contribution < -0.4 is 26.8 Å². The van der Waals surface area contributed by atoms with Crippen molar-refractivity contribution in [1.29, 1.82) is 0 Å². The fourth-order valence-corrected chi connectivity index (χ4v) is 14.2. The molecule has 9 aromatic carbocycles. The number of aryl methyl sites for hydroxylation is 1. The number of benzene rings is 9. The molecule has 0 N–H and O–H groups in total. The summed E-state index contributed by atoms with van der Waals surface area (Å²) in [7, 11) is 0. The summed E-state index contributed by atoms with van der Waals surface area (Å²) in [5, 5.41) is 5.34. The Bertz CT molecular complexity index is 3750. The van der Waals surface area contributed by atoms with E-state index in [-0.39, 0.29) is 13.7 Å². The minimum Gasteiger partial charge on any atom is -0.375 e. The van der Waals surface area contributed by atoms with Crippen molar-refractivity contribution < 1.29 is 0 Å². The van der Waals surface area contributed by atoms with Crippen LogP contribution in [0.5, 0.6) is 0 Å². The fraction of sp³-hybridized carbons (Fsp3) is 0.0182. The van der Waals surface area contributed by atoms with E-state index in [4.69, 9.17) is 0 Å². The van der Waals surface area contributed by atoms with E-state index in [2.05, 4.69) is 203 Å². The first-order valence-corrected chi connectivity index (χ1v) is 23.1. The van der Waals surface area contributed by atoms with Crippen LogP contribution in [0.3, 0.4) is 0 Å². The first-order valence-electron chi connectivity index (χ1n) is 21.5. The van der Waals surface area contributed by atoms with Crippen molar-refractivity contribution >= 4 is 120 Å². The van der Waals surface area contributed by atoms with Gasteiger partial charge < -0.3 is 13.9 Å². The lowest BCUT2D eigenvalue weighted by Gasteiger charge is -2.37. The van der Waals surface area contributed by atoms with Gasteiger partial charge in [0.2, 0.25) is 0 Å². The lowest BCUT2D eigenvalue weighted by atomic mass is 9.46. The Labute approximate surface area is 367 Å². The molecule has 2 aromatic heterocycles. The van der Waals surface area contributed by atoms with Gasteiger partial charge in [-0.3, -0.25) is 0 Å². The lowest BCUT2D eigenvalue weighted by molar-refractivity contribution is 1.25. The molecule has 0 saturated carbocycles. The molecule has 7 heteroatoms. The smallest absolute Gasteiger partial charge is 0.331 e. The van der Waals surface area contributed by atoms with Gasteiger partial charge in [-0.15, -0.1) is 0 Å². The van der Waals surface area contributed by atoms with Crippen LogP contribution in [-0.2, 0) is 0 Å². The topological polar surface area (TPSA) is 13.1 Å². The molecule has 4 aliphatic heterocycles. The van der Waals surface area contributed by atoms with E-state index in [9.17, 15) is 0 Å². The van der Waals surface area contributed by atoms with Gasteiger partial charge in [-0.1, -0.05) is 139 Å². The monoisotopic (exact) mass is 821 g/mol. The molecule has 15 rings (SSSR count). The number of para-hydroxylation sites is 4. The Morgan fingerprint density at radius 1 is 0.419 bits per heavy atom. The van der Waals surface area contributed by atoms with E-state index in [1.807, 2.05) is 23.5 Å². The van der Waals surface area contributed by atoms with E-state index < -0.39 is 0 Å². The Morgan fingerprint density at radius 2 is 0.871 bits per heavy atom. The highest BCUT2D eigenvalue weighted by atomic mass is 32.2. The van der Waals surface area contributed by atoms with Crippen LogP contribution in [0, 0.1) is 6.92 Å². The van der Waals surface area contributed by atoms with E-state index in [1.54, 1.807) is 0 Å². The summed E-state index contributed by atoms with van der Waals surface area (Å²) in [4.78, 5) is 7.79. The molecular formula is C55H33B2N3S2. The van der Waals surface area contributed by atoms with Gasteiger partial charge in [-0.2, -0.15) is 0 Å². The molecule has 6 heterocycles. The quantitative estimate of drug-likeness (QED) is 0.165. The Balaban J connectivity index is 1.19. The standard InChI is InChI=1S/C55H33B2N3S2/c1-32-28-38-50-48-36-20-8-12-24-42(36)60-55(48)51(49-37-21-9-13-25-43(37)59(54(49)50)56-40-22-10-14-26-44(40)61-46(29-32)52(38)56)39-30-35(31-47-53(39)57(60)41-23-11-15-27-45(41)62-47)58(33-16-4-2-5-17-33)34-18-6-3-7-19-34/h2-31H,1H3. The Hall–Kier alpha value is -6.79. The number of aromatic nitrogens is 2. The molecule has 0 amide bonds. The average molecular weight is 822 g/mol. The second-order valence-electron chi connectivity index (χ2n) is 17.2. The van der Waals surface area contributed by atoms with Gasteiger partial charge in [0, 0.05) is 91.4 Å². The maximum atomic E-state index is 2.75. The summed E-state index contributed by atoms with van der Waals surface area (Å²) in [5.41, 5.74) is 21.0. The number of hydrogen-bond acceptors (Lipinski definition) is 3. The van der Waals surface area contributed by atoms with Crippen LogP contribution in [0.25, 0.3) is 65.9 Å². The van der Waals surface area contributed by atoms with Gasteiger partial charge in [0.15, 0.2) is 0 Å². The lowest BCUT2D eigenvalue weighted by Crippen LogP contribution is -2.55. The van der Waals surface area contributed by atoms with Crippen LogP contribution >= 0.6 is 23.5 Å². The van der Waals surface area contributed by atoms with Gasteiger partial charge in [-0.05, 0) is 112 Å². The molecule has 0 atom stereocenters. The normalized spacial score (nSPS) is 13.7. The molecule has 286 valence electrons. The summed E-state index contributed by atoms with van der Waals surface area (Å²) < 4.78 is 5.49. The summed E-state index contributed by atoms with van der Waals surface area (Å²) >= 11 is 3.87. The van der Waals surface area contributed by atoms with E-state index >= 15 is 0 Å². The van der Waals surface area contributed by atoms with Crippen molar-refractivity contribution in [3.05, 3.63) is 188 Å². The summed E-state index contributed by atoms with van der Waals surface area (Å²) in [6, 6.07) is 68.5. The molecule has 0 unspecified atom stereocenters. The number of anilines is 3. The van der Waals surface area contributed by atoms with E-state index in [0.29, 0.717) is 0 Å². The van der Waals surface area contributed by atoms with Crippen molar-refractivity contribution in [2.75, 3.05) is 4.90 Å². The van der Waals surface area contributed by atoms with Crippen LogP contribution in [0.4, 0.5) is 17.1 Å². The zero-order chi connectivity index (χ0) is 40.4. The number of rotatable bonds is 3. The Morgan fingerprint density at radius 3 is 1.42 bits per heavy atom. The molecule has 0 bridgehead atoms. The maximum absolute atomic E-state index is 2.75. The first kappa shape index (κ1) is 33.9. The van der Waals surface area contributed by atoms with Crippen molar-refractivity contribution in [1.82, 2.24) is 8.96 Å². The van der Waals surface area contributed by atoms with E-state index in [1.165, 1.54) is 113 Å². The highest BCUT2D eigenvalue weighted by Crippen LogP contribution is 2.55. The van der Waals surface area contributed by atoms with Gasteiger partial charge in [-0.25, -0.2) is 0 Å². The second-order valence-corrected chi connectivity index (χ2v) is 19.4. The maximum Gasteiger partial charge on any atom is 0.331 e. The van der Waals surface area contributed by atoms with Crippen molar-refractivity contribution in [2.24, 2.45) is 0 Å². The highest BCUT2D eigenvalue weighted by molar-refractivity contribution is 8.00. The first-order chi connectivity index (χ1) is 30.7. The summed E-state index contributed by atoms with van der Waals surface area (Å²) in [5.74, 6) is 0. The number of fused-ring (bicyclic) bond motifs is 16. The van der Waals surface area contributed by atoms with Crippen LogP contribution in [0.15, 0.2) is 202 Å². The molecule has 0 fully saturated rings. The number of hydrogen-bond donors (Lipinski definition) is 0. The molecule has 0 saturated heterocycles. The predicted molar refractivity (Wildman–Crippen MR) is 265 cm³/mol. The minimum absolute atomic E-state index is 0.00602. The molecule has 11 aromatic rings. The Kier molecular flexibility index (Phi) is 6.66. The third-order valence-electron chi connectivity index (χ3n) is 14.0. The van der Waals surface area contributed by atoms with Crippen molar-refractivity contribution in [3.63, 3.8) is 0 Å². The molecule has 3 nitrogen and oxygen atoms in total. The molecule has 0 spiro atoms. The van der Waals surface area contributed by atoms with Gasteiger partial charge in [0.05, 0.1) is 0 Å². The zero-order valence-corrected chi connectivity index (χ0v) is 35.3. The minimum atomic E-state index is 0.00602. The average Bonchev–Trinajstić information content (AvgIpc) is 3.84. The SMILES string of the molecule is Cc1cc2c3c(c1)-c1c4c5ccccc5n5c4c(c4c6ccccc6n(c14)B3c1ccccc1S2)-c1cc(N(c2ccccc2)c2ccccc2)cc2c1B5c1ccccc1S2. The third kappa shape index (κ3) is 4.23. The third-order valence-corrected chi connectivity index (χ3v) is 16.3. The van der Waals surface area contributed by atoms with Crippen LogP contribution in [0.2, 0.25) is 0 Å². The van der Waals surface area contributed by atoms with Crippen molar-refractivity contribution in [3.8, 4) is 22.3 Å². The number of nitrogens with zero attached hydrogens (tertiary/aromatic N) is 3. The van der Waals surface area contributed by atoms with E-state index in [0.717, 1.165) is 17.1 Å². The molecule has 0 aliphatic carbocycles. The van der Waals surface area contributed by atoms with Gasteiger partial charge >= 0.3 is 13.7 Å². The largest absolute Gasteiger partial charge is 0.375 e.